The normalized spacial score (nSPS) is 22.6. The number of allylic oxidation sites excluding steroid dienone is 1. The Morgan fingerprint density at radius 3 is 2.18 bits per heavy atom. The van der Waals surface area contributed by atoms with Crippen molar-refractivity contribution in [1.82, 2.24) is 0 Å². The van der Waals surface area contributed by atoms with Crippen molar-refractivity contribution in [2.24, 2.45) is 17.8 Å². The van der Waals surface area contributed by atoms with Gasteiger partial charge in [0, 0.05) is 5.92 Å². The summed E-state index contributed by atoms with van der Waals surface area (Å²) in [4.78, 5) is 28.3. The van der Waals surface area contributed by atoms with Gasteiger partial charge in [0.2, 0.25) is 11.8 Å². The summed E-state index contributed by atoms with van der Waals surface area (Å²) in [7, 11) is 0. The lowest BCUT2D eigenvalue weighted by Crippen LogP contribution is -2.35. The first-order valence-corrected chi connectivity index (χ1v) is 16.4. The van der Waals surface area contributed by atoms with Gasteiger partial charge < -0.3 is 14.6 Å². The average Bonchev–Trinajstić information content (AvgIpc) is 3.61. The van der Waals surface area contributed by atoms with Crippen LogP contribution in [0.2, 0.25) is 0 Å². The van der Waals surface area contributed by atoms with Gasteiger partial charge in [0.25, 0.3) is 0 Å². The summed E-state index contributed by atoms with van der Waals surface area (Å²) in [5.74, 6) is -3.62. The molecular weight excluding hydrogens is 664 g/mol. The van der Waals surface area contributed by atoms with Crippen LogP contribution in [0.4, 0.5) is 32.0 Å². The zero-order chi connectivity index (χ0) is 35.8. The van der Waals surface area contributed by atoms with Gasteiger partial charge in [-0.25, -0.2) is 4.90 Å². The molecule has 264 valence electrons. The van der Waals surface area contributed by atoms with E-state index in [1.54, 1.807) is 36.4 Å². The predicted molar refractivity (Wildman–Crippen MR) is 173 cm³/mol. The molecule has 0 aromatic heterocycles. The molecular formula is C38H35F6NO5. The fourth-order valence-corrected chi connectivity index (χ4v) is 7.33. The molecule has 6 nitrogen and oxygen atoms in total. The molecule has 2 saturated heterocycles. The fourth-order valence-electron chi connectivity index (χ4n) is 7.33. The molecule has 2 aliphatic heterocycles. The van der Waals surface area contributed by atoms with Crippen LogP contribution in [0.3, 0.4) is 0 Å². The smallest absolute Gasteiger partial charge is 0.416 e. The van der Waals surface area contributed by atoms with Gasteiger partial charge in [-0.2, -0.15) is 26.3 Å². The summed E-state index contributed by atoms with van der Waals surface area (Å²) in [6.45, 7) is 2.18. The molecule has 6 rings (SSSR count). The molecule has 1 N–H and O–H groups in total. The minimum atomic E-state index is -5.15. The molecule has 0 unspecified atom stereocenters. The van der Waals surface area contributed by atoms with Crippen LogP contribution in [0.5, 0.6) is 11.5 Å². The van der Waals surface area contributed by atoms with Crippen molar-refractivity contribution in [3.8, 4) is 11.5 Å². The number of ether oxygens (including phenoxy) is 2. The number of aromatic hydroxyl groups is 1. The van der Waals surface area contributed by atoms with Crippen LogP contribution in [0, 0.1) is 17.8 Å². The minimum Gasteiger partial charge on any atom is -0.508 e. The summed E-state index contributed by atoms with van der Waals surface area (Å²) in [6, 6.07) is 16.6. The predicted octanol–water partition coefficient (Wildman–Crippen LogP) is 8.99. The van der Waals surface area contributed by atoms with Crippen molar-refractivity contribution in [1.29, 1.82) is 0 Å². The zero-order valence-corrected chi connectivity index (χ0v) is 27.1. The van der Waals surface area contributed by atoms with Crippen molar-refractivity contribution in [3.05, 3.63) is 106 Å². The second-order valence-electron chi connectivity index (χ2n) is 12.9. The number of amides is 2. The van der Waals surface area contributed by atoms with Crippen LogP contribution in [0.1, 0.15) is 55.7 Å². The van der Waals surface area contributed by atoms with E-state index in [9.17, 15) is 41.0 Å². The number of halogens is 6. The highest BCUT2D eigenvalue weighted by Crippen LogP contribution is 2.51. The molecule has 3 aromatic rings. The SMILES string of the molecule is CCC/C(=C\c1ccc(O)cc1)CC[C@H]1OC[C@H]2C1=C(COc1ccccc1)C[C@H]1C(=O)N(c3cc(C(F)(F)F)cc(C(F)(F)F)c3)C(=O)[C@H]12. The number of anilines is 1. The van der Waals surface area contributed by atoms with E-state index in [0.29, 0.717) is 35.6 Å². The van der Waals surface area contributed by atoms with Gasteiger partial charge in [0.1, 0.15) is 18.1 Å². The number of fused-ring (bicyclic) bond motifs is 3. The molecule has 4 atom stereocenters. The van der Waals surface area contributed by atoms with Gasteiger partial charge in [-0.05, 0) is 84.9 Å². The number of para-hydroxylation sites is 1. The van der Waals surface area contributed by atoms with E-state index >= 15 is 0 Å². The number of nitrogens with zero attached hydrogens (tertiary/aromatic N) is 1. The Morgan fingerprint density at radius 1 is 0.900 bits per heavy atom. The number of hydrogen-bond acceptors (Lipinski definition) is 5. The minimum absolute atomic E-state index is 0.0292. The monoisotopic (exact) mass is 699 g/mol. The van der Waals surface area contributed by atoms with E-state index in [1.807, 2.05) is 18.2 Å². The molecule has 3 aromatic carbocycles. The van der Waals surface area contributed by atoms with Crippen molar-refractivity contribution in [2.75, 3.05) is 18.1 Å². The largest absolute Gasteiger partial charge is 0.508 e. The third kappa shape index (κ3) is 7.31. The number of carbonyl (C=O) groups is 2. The van der Waals surface area contributed by atoms with Gasteiger partial charge in [0.15, 0.2) is 0 Å². The number of phenols is 1. The fraction of sp³-hybridized carbons (Fsp3) is 0.368. The Bertz CT molecular complexity index is 1770. The summed E-state index contributed by atoms with van der Waals surface area (Å²) >= 11 is 0. The molecule has 0 spiro atoms. The number of benzene rings is 3. The van der Waals surface area contributed by atoms with E-state index in [0.717, 1.165) is 35.1 Å². The molecule has 0 radical (unpaired) electrons. The quantitative estimate of drug-likeness (QED) is 0.130. The standard InChI is InChI=1S/C38H35F6NO5/c1-2-6-22(15-23-9-12-28(46)13-10-23)11-14-32-33-24(20-49-29-7-4-3-5-8-29)16-30-34(31(33)21-50-32)36(48)45(35(30)47)27-18-25(37(39,40)41)17-26(19-27)38(42,43)44/h3-5,7-10,12-13,15,17-19,30-32,34,46H,2,6,11,14,16,20-21H2,1H3/b22-15+/t30-,31+,32-,34-/m1/s1. The molecule has 2 heterocycles. The van der Waals surface area contributed by atoms with Gasteiger partial charge in [-0.15, -0.1) is 0 Å². The summed E-state index contributed by atoms with van der Waals surface area (Å²) in [5.41, 5.74) is -0.395. The first kappa shape index (κ1) is 35.3. The van der Waals surface area contributed by atoms with Crippen LogP contribution >= 0.6 is 0 Å². The van der Waals surface area contributed by atoms with Gasteiger partial charge >= 0.3 is 12.4 Å². The second-order valence-corrected chi connectivity index (χ2v) is 12.9. The highest BCUT2D eigenvalue weighted by molar-refractivity contribution is 6.22. The maximum Gasteiger partial charge on any atom is 0.416 e. The third-order valence-corrected chi connectivity index (χ3v) is 9.56. The van der Waals surface area contributed by atoms with Crippen LogP contribution in [-0.4, -0.2) is 36.2 Å². The lowest BCUT2D eigenvalue weighted by molar-refractivity contribution is -0.143. The van der Waals surface area contributed by atoms with Gasteiger partial charge in [0.05, 0.1) is 41.4 Å². The van der Waals surface area contributed by atoms with Crippen LogP contribution in [-0.2, 0) is 26.7 Å². The van der Waals surface area contributed by atoms with Crippen molar-refractivity contribution in [2.45, 2.75) is 57.5 Å². The lowest BCUT2D eigenvalue weighted by Gasteiger charge is -2.31. The molecule has 12 heteroatoms. The summed E-state index contributed by atoms with van der Waals surface area (Å²) in [6.07, 6.45) is -5.77. The highest BCUT2D eigenvalue weighted by Gasteiger charge is 2.57. The Balaban J connectivity index is 1.32. The number of imide groups is 1. The van der Waals surface area contributed by atoms with Crippen molar-refractivity contribution >= 4 is 23.6 Å². The topological polar surface area (TPSA) is 76.1 Å². The summed E-state index contributed by atoms with van der Waals surface area (Å²) < 4.78 is 94.7. The van der Waals surface area contributed by atoms with Crippen LogP contribution in [0.15, 0.2) is 89.5 Å². The molecule has 3 aliphatic rings. The molecule has 2 amide bonds. The first-order valence-electron chi connectivity index (χ1n) is 16.4. The Labute approximate surface area is 285 Å². The molecule has 2 fully saturated rings. The molecule has 0 bridgehead atoms. The molecule has 1 aliphatic carbocycles. The third-order valence-electron chi connectivity index (χ3n) is 9.56. The second kappa shape index (κ2) is 14.0. The maximum absolute atomic E-state index is 14.0. The molecule has 0 saturated carbocycles. The van der Waals surface area contributed by atoms with Crippen LogP contribution < -0.4 is 9.64 Å². The average molecular weight is 700 g/mol. The lowest BCUT2D eigenvalue weighted by atomic mass is 9.69. The van der Waals surface area contributed by atoms with Gasteiger partial charge in [-0.3, -0.25) is 9.59 Å². The first-order chi connectivity index (χ1) is 23.7. The number of hydrogen-bond donors (Lipinski definition) is 1. The number of carbonyl (C=O) groups excluding carboxylic acids is 2. The van der Waals surface area contributed by atoms with Crippen LogP contribution in [0.25, 0.3) is 6.08 Å². The van der Waals surface area contributed by atoms with Crippen molar-refractivity contribution < 1.29 is 50.5 Å². The van der Waals surface area contributed by atoms with E-state index in [-0.39, 0.29) is 31.5 Å². The van der Waals surface area contributed by atoms with E-state index in [1.165, 1.54) is 0 Å². The Hall–Kier alpha value is -4.58. The zero-order valence-electron chi connectivity index (χ0n) is 27.1. The molecule has 50 heavy (non-hydrogen) atoms. The van der Waals surface area contributed by atoms with E-state index in [4.69, 9.17) is 9.47 Å². The number of alkyl halides is 6. The Morgan fingerprint density at radius 2 is 1.56 bits per heavy atom. The highest BCUT2D eigenvalue weighted by atomic mass is 19.4. The summed E-state index contributed by atoms with van der Waals surface area (Å²) in [5, 5.41) is 9.67. The van der Waals surface area contributed by atoms with Gasteiger partial charge in [-0.1, -0.05) is 55.3 Å². The van der Waals surface area contributed by atoms with E-state index < -0.39 is 64.8 Å². The number of phenolic OH excluding ortho intramolecular Hbond substituents is 1. The Kier molecular flexibility index (Phi) is 9.85. The number of rotatable bonds is 10. The van der Waals surface area contributed by atoms with E-state index in [2.05, 4.69) is 13.0 Å². The van der Waals surface area contributed by atoms with Crippen molar-refractivity contribution in [3.63, 3.8) is 0 Å². The maximum atomic E-state index is 14.0.